The molecule has 0 aromatic heterocycles. The number of likely N-dealkylation sites (tertiary alicyclic amines) is 2. The van der Waals surface area contributed by atoms with Crippen molar-refractivity contribution in [3.8, 4) is 0 Å². The summed E-state index contributed by atoms with van der Waals surface area (Å²) in [5.74, 6) is 0. The van der Waals surface area contributed by atoms with Crippen molar-refractivity contribution in [1.82, 2.24) is 9.80 Å². The fourth-order valence-corrected chi connectivity index (χ4v) is 2.24. The molecule has 58 valence electrons. The minimum absolute atomic E-state index is 0.865. The molecule has 0 spiro atoms. The van der Waals surface area contributed by atoms with E-state index in [-0.39, 0.29) is 0 Å². The summed E-state index contributed by atoms with van der Waals surface area (Å²) in [6.45, 7) is 2.60. The molecule has 2 nitrogen and oxygen atoms in total. The monoisotopic (exact) mass is 140 g/mol. The van der Waals surface area contributed by atoms with Crippen molar-refractivity contribution in [2.24, 2.45) is 0 Å². The quantitative estimate of drug-likeness (QED) is 0.480. The highest BCUT2D eigenvalue weighted by molar-refractivity contribution is 4.92. The summed E-state index contributed by atoms with van der Waals surface area (Å²) in [5, 5.41) is 0. The Balaban J connectivity index is 2.08. The second-order valence-corrected chi connectivity index (χ2v) is 3.75. The molecule has 0 radical (unpaired) electrons. The molecule has 0 aliphatic carbocycles. The molecule has 0 N–H and O–H groups in total. The summed E-state index contributed by atoms with van der Waals surface area (Å²) in [6.07, 6.45) is 2.79. The zero-order chi connectivity index (χ0) is 7.14. The van der Waals surface area contributed by atoms with Crippen LogP contribution in [-0.2, 0) is 0 Å². The van der Waals surface area contributed by atoms with Crippen molar-refractivity contribution in [1.29, 1.82) is 0 Å². The molecule has 2 rings (SSSR count). The van der Waals surface area contributed by atoms with E-state index in [2.05, 4.69) is 23.9 Å². The van der Waals surface area contributed by atoms with Gasteiger partial charge in [0.05, 0.1) is 0 Å². The van der Waals surface area contributed by atoms with Gasteiger partial charge in [0.2, 0.25) is 0 Å². The highest BCUT2D eigenvalue weighted by Gasteiger charge is 2.35. The maximum atomic E-state index is 2.51. The SMILES string of the molecule is CN1CCC2CC1CN2C. The van der Waals surface area contributed by atoms with Gasteiger partial charge in [-0.1, -0.05) is 0 Å². The lowest BCUT2D eigenvalue weighted by molar-refractivity contribution is 0.213. The molecule has 2 fully saturated rings. The average Bonchev–Trinajstić information content (AvgIpc) is 2.21. The molecule has 2 heteroatoms. The Kier molecular flexibility index (Phi) is 1.46. The minimum Gasteiger partial charge on any atom is -0.302 e. The Morgan fingerprint density at radius 1 is 1.10 bits per heavy atom. The van der Waals surface area contributed by atoms with Crippen molar-refractivity contribution >= 4 is 0 Å². The topological polar surface area (TPSA) is 6.48 Å². The van der Waals surface area contributed by atoms with Crippen LogP contribution in [0.25, 0.3) is 0 Å². The first kappa shape index (κ1) is 6.62. The van der Waals surface area contributed by atoms with E-state index in [1.165, 1.54) is 25.9 Å². The minimum atomic E-state index is 0.865. The van der Waals surface area contributed by atoms with E-state index in [0.29, 0.717) is 0 Å². The van der Waals surface area contributed by atoms with Crippen molar-refractivity contribution < 1.29 is 0 Å². The standard InChI is InChI=1S/C8H16N2/c1-9-4-3-7-5-8(9)6-10(7)2/h7-8H,3-6H2,1-2H3. The average molecular weight is 140 g/mol. The third-order valence-electron chi connectivity index (χ3n) is 3.10. The van der Waals surface area contributed by atoms with Crippen LogP contribution in [0.2, 0.25) is 0 Å². The first-order valence-corrected chi connectivity index (χ1v) is 4.18. The van der Waals surface area contributed by atoms with E-state index in [4.69, 9.17) is 0 Å². The van der Waals surface area contributed by atoms with Crippen molar-refractivity contribution in [3.05, 3.63) is 0 Å². The Bertz CT molecular complexity index is 133. The molecule has 2 bridgehead atoms. The van der Waals surface area contributed by atoms with Gasteiger partial charge in [-0.2, -0.15) is 0 Å². The van der Waals surface area contributed by atoms with Gasteiger partial charge < -0.3 is 9.80 Å². The zero-order valence-electron chi connectivity index (χ0n) is 6.88. The van der Waals surface area contributed by atoms with E-state index in [0.717, 1.165) is 12.1 Å². The van der Waals surface area contributed by atoms with Gasteiger partial charge in [-0.05, 0) is 33.5 Å². The lowest BCUT2D eigenvalue weighted by Gasteiger charge is -2.28. The van der Waals surface area contributed by atoms with Crippen LogP contribution in [0.3, 0.4) is 0 Å². The lowest BCUT2D eigenvalue weighted by Crippen LogP contribution is -2.37. The predicted octanol–water partition coefficient (Wildman–Crippen LogP) is 0.395. The summed E-state index contributed by atoms with van der Waals surface area (Å²) < 4.78 is 0. The van der Waals surface area contributed by atoms with E-state index >= 15 is 0 Å². The Hall–Kier alpha value is -0.0800. The fourth-order valence-electron chi connectivity index (χ4n) is 2.24. The van der Waals surface area contributed by atoms with E-state index in [9.17, 15) is 0 Å². The molecule has 2 aliphatic rings. The predicted molar refractivity (Wildman–Crippen MR) is 42.1 cm³/mol. The van der Waals surface area contributed by atoms with Crippen LogP contribution in [0, 0.1) is 0 Å². The van der Waals surface area contributed by atoms with Gasteiger partial charge >= 0.3 is 0 Å². The highest BCUT2D eigenvalue weighted by Crippen LogP contribution is 2.26. The molecular formula is C8H16N2. The number of likely N-dealkylation sites (N-methyl/N-ethyl adjacent to an activating group) is 2. The molecule has 0 amide bonds. The molecule has 0 saturated carbocycles. The van der Waals surface area contributed by atoms with E-state index < -0.39 is 0 Å². The molecule has 2 heterocycles. The van der Waals surface area contributed by atoms with Gasteiger partial charge in [0.15, 0.2) is 0 Å². The number of piperidine rings is 1. The number of nitrogens with zero attached hydrogens (tertiary/aromatic N) is 2. The first-order chi connectivity index (χ1) is 4.77. The number of fused-ring (bicyclic) bond motifs is 2. The highest BCUT2D eigenvalue weighted by atomic mass is 15.3. The largest absolute Gasteiger partial charge is 0.302 e. The van der Waals surface area contributed by atoms with E-state index in [1.54, 1.807) is 0 Å². The van der Waals surface area contributed by atoms with Crippen LogP contribution in [0.15, 0.2) is 0 Å². The van der Waals surface area contributed by atoms with Crippen LogP contribution >= 0.6 is 0 Å². The number of hydrogen-bond donors (Lipinski definition) is 0. The zero-order valence-corrected chi connectivity index (χ0v) is 6.88. The van der Waals surface area contributed by atoms with Crippen LogP contribution in [0.1, 0.15) is 12.8 Å². The van der Waals surface area contributed by atoms with Crippen LogP contribution in [0.5, 0.6) is 0 Å². The van der Waals surface area contributed by atoms with Gasteiger partial charge in [0, 0.05) is 18.6 Å². The first-order valence-electron chi connectivity index (χ1n) is 4.18. The normalized spacial score (nSPS) is 42.6. The Morgan fingerprint density at radius 2 is 1.90 bits per heavy atom. The van der Waals surface area contributed by atoms with E-state index in [1.807, 2.05) is 0 Å². The van der Waals surface area contributed by atoms with Crippen molar-refractivity contribution in [2.45, 2.75) is 24.9 Å². The molecule has 2 saturated heterocycles. The smallest absolute Gasteiger partial charge is 0.0235 e. The van der Waals surface area contributed by atoms with Crippen molar-refractivity contribution in [3.63, 3.8) is 0 Å². The van der Waals surface area contributed by atoms with Crippen LogP contribution < -0.4 is 0 Å². The van der Waals surface area contributed by atoms with Gasteiger partial charge in [-0.25, -0.2) is 0 Å². The third kappa shape index (κ3) is 0.867. The summed E-state index contributed by atoms with van der Waals surface area (Å²) in [4.78, 5) is 5.01. The van der Waals surface area contributed by atoms with Gasteiger partial charge in [-0.15, -0.1) is 0 Å². The molecule has 2 unspecified atom stereocenters. The second-order valence-electron chi connectivity index (χ2n) is 3.75. The maximum Gasteiger partial charge on any atom is 0.0235 e. The molecule has 0 aromatic rings. The number of hydrogen-bond acceptors (Lipinski definition) is 2. The van der Waals surface area contributed by atoms with Gasteiger partial charge in [0.25, 0.3) is 0 Å². The second kappa shape index (κ2) is 2.21. The summed E-state index contributed by atoms with van der Waals surface area (Å²) in [5.41, 5.74) is 0. The number of rotatable bonds is 0. The van der Waals surface area contributed by atoms with Crippen LogP contribution in [-0.4, -0.2) is 49.1 Å². The maximum absolute atomic E-state index is 2.51. The molecule has 2 aliphatic heterocycles. The lowest BCUT2D eigenvalue weighted by atomic mass is 10.0. The molecule has 0 aromatic carbocycles. The molecule has 2 atom stereocenters. The molecule has 10 heavy (non-hydrogen) atoms. The Labute approximate surface area is 62.8 Å². The summed E-state index contributed by atoms with van der Waals surface area (Å²) in [6, 6.07) is 1.77. The third-order valence-corrected chi connectivity index (χ3v) is 3.10. The fraction of sp³-hybridized carbons (Fsp3) is 1.00. The Morgan fingerprint density at radius 3 is 2.60 bits per heavy atom. The van der Waals surface area contributed by atoms with Gasteiger partial charge in [0.1, 0.15) is 0 Å². The molecular weight excluding hydrogens is 124 g/mol. The summed E-state index contributed by atoms with van der Waals surface area (Å²) in [7, 11) is 4.50. The van der Waals surface area contributed by atoms with Crippen LogP contribution in [0.4, 0.5) is 0 Å². The van der Waals surface area contributed by atoms with Crippen molar-refractivity contribution in [2.75, 3.05) is 27.2 Å². The summed E-state index contributed by atoms with van der Waals surface area (Å²) >= 11 is 0. The van der Waals surface area contributed by atoms with Gasteiger partial charge in [-0.3, -0.25) is 0 Å².